The third kappa shape index (κ3) is 5.20. The summed E-state index contributed by atoms with van der Waals surface area (Å²) < 4.78 is 17.0. The molecule has 1 aliphatic rings. The molecule has 0 radical (unpaired) electrons. The van der Waals surface area contributed by atoms with E-state index in [1.165, 1.54) is 19.1 Å². The number of para-hydroxylation sites is 1. The fraction of sp³-hybridized carbons (Fsp3) is 0.158. The summed E-state index contributed by atoms with van der Waals surface area (Å²) >= 11 is 0. The molecule has 1 aliphatic heterocycles. The molecule has 0 aliphatic carbocycles. The van der Waals surface area contributed by atoms with E-state index in [2.05, 4.69) is 15.3 Å². The van der Waals surface area contributed by atoms with Gasteiger partial charge in [0.1, 0.15) is 22.9 Å². The van der Waals surface area contributed by atoms with Gasteiger partial charge in [0.2, 0.25) is 0 Å². The Morgan fingerprint density at radius 2 is 1.53 bits per heavy atom. The van der Waals surface area contributed by atoms with Gasteiger partial charge in [-0.25, -0.2) is 13.7 Å². The van der Waals surface area contributed by atoms with E-state index in [0.717, 1.165) is 33.0 Å². The fourth-order valence-electron chi connectivity index (χ4n) is 6.84. The summed E-state index contributed by atoms with van der Waals surface area (Å²) in [6, 6.07) is 24.4. The van der Waals surface area contributed by atoms with Gasteiger partial charge in [-0.05, 0) is 79.1 Å². The van der Waals surface area contributed by atoms with Gasteiger partial charge in [0.05, 0.1) is 16.6 Å². The van der Waals surface area contributed by atoms with Crippen molar-refractivity contribution in [2.24, 2.45) is 0 Å². The van der Waals surface area contributed by atoms with Gasteiger partial charge in [-0.2, -0.15) is 5.10 Å². The molecular formula is C38H30FN7O3. The largest absolute Gasteiger partial charge is 0.348 e. The summed E-state index contributed by atoms with van der Waals surface area (Å²) in [4.78, 5) is 50.6. The number of carbonyl (C=O) groups is 3. The number of hydrogen-bond donors (Lipinski definition) is 1. The monoisotopic (exact) mass is 651 g/mol. The number of carbonyl (C=O) groups excluding carboxylic acids is 3. The summed E-state index contributed by atoms with van der Waals surface area (Å²) in [6.45, 7) is 2.29. The second kappa shape index (κ2) is 12.1. The number of fused-ring (bicyclic) bond motifs is 4. The van der Waals surface area contributed by atoms with Crippen LogP contribution in [0.3, 0.4) is 0 Å². The molecule has 0 unspecified atom stereocenters. The smallest absolute Gasteiger partial charge is 0.329 e. The molecule has 1 fully saturated rings. The van der Waals surface area contributed by atoms with Crippen LogP contribution >= 0.6 is 0 Å². The maximum Gasteiger partial charge on any atom is 0.329 e. The van der Waals surface area contributed by atoms with Crippen LogP contribution < -0.4 is 5.32 Å². The van der Waals surface area contributed by atoms with Gasteiger partial charge < -0.3 is 10.2 Å². The van der Waals surface area contributed by atoms with E-state index >= 15 is 0 Å². The van der Waals surface area contributed by atoms with E-state index in [1.54, 1.807) is 50.8 Å². The maximum atomic E-state index is 14.1. The van der Waals surface area contributed by atoms with Crippen molar-refractivity contribution in [1.29, 1.82) is 0 Å². The predicted molar refractivity (Wildman–Crippen MR) is 184 cm³/mol. The third-order valence-corrected chi connectivity index (χ3v) is 9.19. The molecule has 7 aromatic rings. The standard InChI is InChI=1S/C38H30FN7O3/c1-23(47)34-36-29(15-20-41-34)28-5-2-3-6-30(28)45(36)38(49)44-21-16-27(17-22-44)42-37(48)32-8-4-7-31-33(24-13-18-40-19-14-24)35(43-46(31)32)25-9-11-26(39)12-10-25/h2-15,18-20,27H,16-17,21-22H2,1H3,(H,42,48). The fourth-order valence-corrected chi connectivity index (χ4v) is 6.84. The van der Waals surface area contributed by atoms with Crippen LogP contribution in [0, 0.1) is 5.82 Å². The van der Waals surface area contributed by atoms with Crippen molar-refractivity contribution in [3.05, 3.63) is 121 Å². The van der Waals surface area contributed by atoms with E-state index < -0.39 is 0 Å². The maximum absolute atomic E-state index is 14.1. The topological polar surface area (TPSA) is 114 Å². The number of Topliss-reactive ketones (excluding diaryl/α,β-unsaturated/α-hetero) is 1. The van der Waals surface area contributed by atoms with Crippen LogP contribution in [-0.2, 0) is 0 Å². The highest BCUT2D eigenvalue weighted by molar-refractivity contribution is 6.18. The summed E-state index contributed by atoms with van der Waals surface area (Å²) in [7, 11) is 0. The molecule has 10 nitrogen and oxygen atoms in total. The highest BCUT2D eigenvalue weighted by Crippen LogP contribution is 2.36. The van der Waals surface area contributed by atoms with Gasteiger partial charge >= 0.3 is 6.03 Å². The molecule has 2 aromatic carbocycles. The number of piperidine rings is 1. The minimum atomic E-state index is -0.348. The van der Waals surface area contributed by atoms with Gasteiger partial charge in [0, 0.05) is 66.5 Å². The Labute approximate surface area is 279 Å². The van der Waals surface area contributed by atoms with Crippen molar-refractivity contribution in [3.8, 4) is 22.4 Å². The van der Waals surface area contributed by atoms with Crippen molar-refractivity contribution in [1.82, 2.24) is 34.4 Å². The first kappa shape index (κ1) is 30.1. The SMILES string of the molecule is CC(=O)c1nccc2c3ccccc3n(C(=O)N3CCC(NC(=O)c4cccc5c(-c6ccncc6)c(-c6ccc(F)cc6)nn45)CC3)c12. The number of likely N-dealkylation sites (tertiary alicyclic amines) is 1. The zero-order chi connectivity index (χ0) is 33.6. The molecule has 5 aromatic heterocycles. The van der Waals surface area contributed by atoms with E-state index in [-0.39, 0.29) is 35.3 Å². The van der Waals surface area contributed by atoms with Crippen LogP contribution in [0.15, 0.2) is 104 Å². The predicted octanol–water partition coefficient (Wildman–Crippen LogP) is 6.77. The van der Waals surface area contributed by atoms with Crippen LogP contribution in [-0.4, -0.2) is 65.9 Å². The second-order valence-corrected chi connectivity index (χ2v) is 12.2. The summed E-state index contributed by atoms with van der Waals surface area (Å²) in [5, 5.41) is 9.70. The van der Waals surface area contributed by atoms with Crippen molar-refractivity contribution in [3.63, 3.8) is 0 Å². The Bertz CT molecular complexity index is 2410. The Morgan fingerprint density at radius 3 is 2.29 bits per heavy atom. The minimum Gasteiger partial charge on any atom is -0.348 e. The van der Waals surface area contributed by atoms with Crippen LogP contribution in [0.25, 0.3) is 49.7 Å². The number of hydrogen-bond acceptors (Lipinski definition) is 6. The molecule has 8 rings (SSSR count). The van der Waals surface area contributed by atoms with Gasteiger partial charge in [0.25, 0.3) is 5.91 Å². The zero-order valence-electron chi connectivity index (χ0n) is 26.5. The molecule has 6 heterocycles. The lowest BCUT2D eigenvalue weighted by molar-refractivity contribution is 0.0910. The highest BCUT2D eigenvalue weighted by Gasteiger charge is 2.29. The number of amides is 2. The third-order valence-electron chi connectivity index (χ3n) is 9.19. The summed E-state index contributed by atoms with van der Waals surface area (Å²) in [5.41, 5.74) is 5.57. The van der Waals surface area contributed by atoms with Crippen molar-refractivity contribution >= 4 is 45.0 Å². The van der Waals surface area contributed by atoms with Crippen molar-refractivity contribution in [2.75, 3.05) is 13.1 Å². The van der Waals surface area contributed by atoms with Crippen LogP contribution in [0.4, 0.5) is 9.18 Å². The van der Waals surface area contributed by atoms with Crippen LogP contribution in [0.1, 0.15) is 40.7 Å². The molecule has 0 spiro atoms. The Kier molecular flexibility index (Phi) is 7.44. The van der Waals surface area contributed by atoms with Crippen molar-refractivity contribution in [2.45, 2.75) is 25.8 Å². The quantitative estimate of drug-likeness (QED) is 0.206. The van der Waals surface area contributed by atoms with Crippen LogP contribution in [0.2, 0.25) is 0 Å². The van der Waals surface area contributed by atoms with Crippen LogP contribution in [0.5, 0.6) is 0 Å². The molecule has 1 N–H and O–H groups in total. The number of rotatable bonds is 5. The lowest BCUT2D eigenvalue weighted by atomic mass is 10.0. The molecular weight excluding hydrogens is 621 g/mol. The molecule has 0 bridgehead atoms. The number of nitrogens with one attached hydrogen (secondary N) is 1. The lowest BCUT2D eigenvalue weighted by Crippen LogP contribution is -2.47. The number of aromatic nitrogens is 5. The average molecular weight is 652 g/mol. The average Bonchev–Trinajstić information content (AvgIpc) is 3.69. The molecule has 2 amide bonds. The number of ketones is 1. The van der Waals surface area contributed by atoms with Crippen molar-refractivity contribution < 1.29 is 18.8 Å². The molecule has 1 saturated heterocycles. The molecule has 0 saturated carbocycles. The lowest BCUT2D eigenvalue weighted by Gasteiger charge is -2.32. The first-order chi connectivity index (χ1) is 23.9. The van der Waals surface area contributed by atoms with E-state index in [9.17, 15) is 18.8 Å². The zero-order valence-corrected chi connectivity index (χ0v) is 26.5. The Balaban J connectivity index is 1.06. The summed E-state index contributed by atoms with van der Waals surface area (Å²) in [5.74, 6) is -0.850. The first-order valence-corrected chi connectivity index (χ1v) is 16.1. The molecule has 11 heteroatoms. The van der Waals surface area contributed by atoms with Gasteiger partial charge in [-0.3, -0.25) is 24.1 Å². The number of halogens is 1. The highest BCUT2D eigenvalue weighted by atomic mass is 19.1. The molecule has 242 valence electrons. The van der Waals surface area contributed by atoms with E-state index in [4.69, 9.17) is 5.10 Å². The first-order valence-electron chi connectivity index (χ1n) is 16.1. The van der Waals surface area contributed by atoms with Gasteiger partial charge in [0.15, 0.2) is 5.78 Å². The molecule has 0 atom stereocenters. The summed E-state index contributed by atoms with van der Waals surface area (Å²) in [6.07, 6.45) is 6.08. The van der Waals surface area contributed by atoms with Gasteiger partial charge in [-0.15, -0.1) is 0 Å². The minimum absolute atomic E-state index is 0.175. The van der Waals surface area contributed by atoms with Gasteiger partial charge in [-0.1, -0.05) is 24.3 Å². The Morgan fingerprint density at radius 1 is 0.796 bits per heavy atom. The number of nitrogens with zero attached hydrogens (tertiary/aromatic N) is 6. The Hall–Kier alpha value is -6.23. The van der Waals surface area contributed by atoms with E-state index in [1.807, 2.05) is 54.6 Å². The normalized spacial score (nSPS) is 13.7. The second-order valence-electron chi connectivity index (χ2n) is 12.2. The number of pyridine rings is 3. The molecule has 49 heavy (non-hydrogen) atoms. The van der Waals surface area contributed by atoms with E-state index in [0.29, 0.717) is 48.4 Å². The number of benzene rings is 2.